The van der Waals surface area contributed by atoms with Crippen LogP contribution in [0.2, 0.25) is 0 Å². The number of nitrogens with one attached hydrogen (secondary N) is 1. The third-order valence-corrected chi connectivity index (χ3v) is 5.58. The molecule has 0 radical (unpaired) electrons. The van der Waals surface area contributed by atoms with E-state index in [1.807, 2.05) is 5.32 Å². The van der Waals surface area contributed by atoms with E-state index in [1.165, 1.54) is 6.92 Å². The van der Waals surface area contributed by atoms with Crippen molar-refractivity contribution in [2.24, 2.45) is 0 Å². The predicted octanol–water partition coefficient (Wildman–Crippen LogP) is -0.138. The van der Waals surface area contributed by atoms with E-state index >= 15 is 0 Å². The Hall–Kier alpha value is -3.51. The van der Waals surface area contributed by atoms with Gasteiger partial charge in [-0.25, -0.2) is 4.79 Å². The van der Waals surface area contributed by atoms with Crippen molar-refractivity contribution >= 4 is 44.5 Å². The Morgan fingerprint density at radius 2 is 1.93 bits per heavy atom. The molecule has 0 spiro atoms. The molecule has 3 rings (SSSR count). The second-order valence-electron chi connectivity index (χ2n) is 6.52. The van der Waals surface area contributed by atoms with Gasteiger partial charge in [-0.1, -0.05) is 0 Å². The SMILES string of the molecule is CCN(C(=O)Cc1c(C)c2cc(S(=O)(=O)O)c(N)cc2oc1=O)C1=CC(=O)NC1=O. The normalized spacial score (nSPS) is 14.0. The van der Waals surface area contributed by atoms with Crippen LogP contribution < -0.4 is 16.7 Å². The second-order valence-corrected chi connectivity index (χ2v) is 7.91. The Balaban J connectivity index is 2.08. The van der Waals surface area contributed by atoms with Gasteiger partial charge in [-0.05, 0) is 25.5 Å². The maximum atomic E-state index is 12.8. The maximum absolute atomic E-state index is 12.8. The summed E-state index contributed by atoms with van der Waals surface area (Å²) in [6.45, 7) is 3.13. The van der Waals surface area contributed by atoms with Crippen molar-refractivity contribution in [2.45, 2.75) is 25.2 Å². The molecule has 0 bridgehead atoms. The van der Waals surface area contributed by atoms with Crippen LogP contribution in [0.15, 0.2) is 38.0 Å². The highest BCUT2D eigenvalue weighted by molar-refractivity contribution is 7.86. The van der Waals surface area contributed by atoms with Crippen LogP contribution in [0.5, 0.6) is 0 Å². The summed E-state index contributed by atoms with van der Waals surface area (Å²) in [4.78, 5) is 48.9. The Labute approximate surface area is 169 Å². The van der Waals surface area contributed by atoms with E-state index < -0.39 is 44.8 Å². The number of carbonyl (C=O) groups excluding carboxylic acids is 3. The molecule has 1 aromatic heterocycles. The molecule has 11 nitrogen and oxygen atoms in total. The van der Waals surface area contributed by atoms with Crippen LogP contribution in [0, 0.1) is 6.92 Å². The van der Waals surface area contributed by atoms with Crippen LogP contribution in [0.1, 0.15) is 18.1 Å². The van der Waals surface area contributed by atoms with Crippen LogP contribution in [-0.4, -0.2) is 42.1 Å². The fourth-order valence-electron chi connectivity index (χ4n) is 3.19. The summed E-state index contributed by atoms with van der Waals surface area (Å²) in [7, 11) is -4.63. The molecule has 0 fully saturated rings. The number of nitrogen functional groups attached to an aromatic ring is 1. The summed E-state index contributed by atoms with van der Waals surface area (Å²) < 4.78 is 37.5. The highest BCUT2D eigenvalue weighted by Gasteiger charge is 2.30. The topological polar surface area (TPSA) is 177 Å². The molecule has 12 heteroatoms. The fourth-order valence-corrected chi connectivity index (χ4v) is 3.81. The van der Waals surface area contributed by atoms with Crippen molar-refractivity contribution in [3.05, 3.63) is 45.5 Å². The molecule has 2 aromatic rings. The molecule has 1 aromatic carbocycles. The Morgan fingerprint density at radius 1 is 1.27 bits per heavy atom. The van der Waals surface area contributed by atoms with Crippen molar-refractivity contribution in [3.8, 4) is 0 Å². The zero-order valence-electron chi connectivity index (χ0n) is 15.9. The first-order valence-corrected chi connectivity index (χ1v) is 10.1. The Bertz CT molecular complexity index is 1310. The number of carbonyl (C=O) groups is 3. The van der Waals surface area contributed by atoms with Gasteiger partial charge in [-0.15, -0.1) is 0 Å². The number of nitrogens with zero attached hydrogens (tertiary/aromatic N) is 1. The fraction of sp³-hybridized carbons (Fsp3) is 0.222. The number of nitrogens with two attached hydrogens (primary N) is 1. The number of hydrogen-bond donors (Lipinski definition) is 3. The number of imide groups is 1. The Morgan fingerprint density at radius 3 is 2.47 bits per heavy atom. The number of hydrogen-bond acceptors (Lipinski definition) is 8. The van der Waals surface area contributed by atoms with E-state index in [1.54, 1.807) is 6.92 Å². The lowest BCUT2D eigenvalue weighted by Gasteiger charge is -2.20. The van der Waals surface area contributed by atoms with Gasteiger partial charge in [0, 0.05) is 24.1 Å². The monoisotopic (exact) mass is 435 g/mol. The van der Waals surface area contributed by atoms with Gasteiger partial charge in [0.1, 0.15) is 16.2 Å². The third-order valence-electron chi connectivity index (χ3n) is 4.67. The number of likely N-dealkylation sites (N-methyl/N-ethyl adjacent to an activating group) is 1. The van der Waals surface area contributed by atoms with Crippen LogP contribution >= 0.6 is 0 Å². The second kappa shape index (κ2) is 7.39. The van der Waals surface area contributed by atoms with E-state index in [0.717, 1.165) is 23.1 Å². The zero-order chi connectivity index (χ0) is 22.4. The number of aryl methyl sites for hydroxylation is 1. The lowest BCUT2D eigenvalue weighted by molar-refractivity contribution is -0.132. The molecule has 158 valence electrons. The summed E-state index contributed by atoms with van der Waals surface area (Å²) in [5.74, 6) is -2.03. The Kier molecular flexibility index (Phi) is 5.22. The smallest absolute Gasteiger partial charge is 0.340 e. The largest absolute Gasteiger partial charge is 0.422 e. The van der Waals surface area contributed by atoms with Gasteiger partial charge >= 0.3 is 5.63 Å². The molecule has 0 aliphatic carbocycles. The summed E-state index contributed by atoms with van der Waals surface area (Å²) in [6, 6.07) is 2.14. The highest BCUT2D eigenvalue weighted by atomic mass is 32.2. The van der Waals surface area contributed by atoms with Crippen molar-refractivity contribution in [2.75, 3.05) is 12.3 Å². The van der Waals surface area contributed by atoms with Gasteiger partial charge in [0.05, 0.1) is 17.7 Å². The highest BCUT2D eigenvalue weighted by Crippen LogP contribution is 2.28. The molecule has 2 heterocycles. The van der Waals surface area contributed by atoms with Crippen molar-refractivity contribution in [1.82, 2.24) is 10.2 Å². The van der Waals surface area contributed by atoms with E-state index in [4.69, 9.17) is 10.2 Å². The number of benzene rings is 1. The zero-order valence-corrected chi connectivity index (χ0v) is 16.7. The van der Waals surface area contributed by atoms with Gasteiger partial charge in [-0.3, -0.25) is 24.3 Å². The number of fused-ring (bicyclic) bond motifs is 1. The number of rotatable bonds is 5. The first-order chi connectivity index (χ1) is 13.9. The lowest BCUT2D eigenvalue weighted by atomic mass is 10.0. The van der Waals surface area contributed by atoms with Crippen molar-refractivity contribution in [1.29, 1.82) is 0 Å². The molecular formula is C18H17N3O8S. The average Bonchev–Trinajstić information content (AvgIpc) is 2.95. The summed E-state index contributed by atoms with van der Waals surface area (Å²) in [5, 5.41) is 2.20. The molecule has 1 aliphatic rings. The first-order valence-electron chi connectivity index (χ1n) is 8.64. The number of amides is 3. The molecule has 3 amide bonds. The molecule has 0 unspecified atom stereocenters. The van der Waals surface area contributed by atoms with Gasteiger partial charge in [0.25, 0.3) is 21.9 Å². The molecule has 0 atom stereocenters. The molecule has 0 saturated heterocycles. The minimum atomic E-state index is -4.63. The molecule has 4 N–H and O–H groups in total. The van der Waals surface area contributed by atoms with E-state index in [-0.39, 0.29) is 40.0 Å². The van der Waals surface area contributed by atoms with Crippen LogP contribution in [0.3, 0.4) is 0 Å². The van der Waals surface area contributed by atoms with Crippen LogP contribution in [0.25, 0.3) is 11.0 Å². The first kappa shape index (κ1) is 21.2. The van der Waals surface area contributed by atoms with E-state index in [2.05, 4.69) is 0 Å². The number of anilines is 1. The van der Waals surface area contributed by atoms with Crippen LogP contribution in [0.4, 0.5) is 5.69 Å². The average molecular weight is 435 g/mol. The lowest BCUT2D eigenvalue weighted by Crippen LogP contribution is -2.37. The predicted molar refractivity (Wildman–Crippen MR) is 104 cm³/mol. The molecular weight excluding hydrogens is 418 g/mol. The van der Waals surface area contributed by atoms with E-state index in [9.17, 15) is 32.1 Å². The summed E-state index contributed by atoms with van der Waals surface area (Å²) in [6.07, 6.45) is 0.517. The summed E-state index contributed by atoms with van der Waals surface area (Å²) >= 11 is 0. The summed E-state index contributed by atoms with van der Waals surface area (Å²) in [5.41, 5.74) is 4.48. The van der Waals surface area contributed by atoms with Gasteiger partial charge in [0.2, 0.25) is 5.91 Å². The van der Waals surface area contributed by atoms with E-state index in [0.29, 0.717) is 0 Å². The molecule has 0 saturated carbocycles. The van der Waals surface area contributed by atoms with Crippen LogP contribution in [-0.2, 0) is 30.9 Å². The minimum Gasteiger partial charge on any atom is -0.422 e. The maximum Gasteiger partial charge on any atom is 0.340 e. The third kappa shape index (κ3) is 3.69. The van der Waals surface area contributed by atoms with Gasteiger partial charge in [-0.2, -0.15) is 8.42 Å². The minimum absolute atomic E-state index is 0.0191. The van der Waals surface area contributed by atoms with Crippen molar-refractivity contribution < 1.29 is 31.8 Å². The van der Waals surface area contributed by atoms with Gasteiger partial charge < -0.3 is 15.1 Å². The quantitative estimate of drug-likeness (QED) is 0.250. The molecule has 30 heavy (non-hydrogen) atoms. The van der Waals surface area contributed by atoms with Gasteiger partial charge in [0.15, 0.2) is 0 Å². The van der Waals surface area contributed by atoms with Crippen molar-refractivity contribution in [3.63, 3.8) is 0 Å². The standard InChI is InChI=1S/C18H17N3O8S/c1-3-21(12-7-15(22)20-17(12)24)16(23)5-10-8(2)9-4-14(30(26,27)28)11(19)6-13(9)29-18(10)25/h4,6-7H,3,5,19H2,1-2H3,(H,20,22,24)(H,26,27,28). The molecule has 1 aliphatic heterocycles.